The van der Waals surface area contributed by atoms with Crippen molar-refractivity contribution in [2.75, 3.05) is 13.1 Å². The van der Waals surface area contributed by atoms with Gasteiger partial charge >= 0.3 is 5.97 Å². The van der Waals surface area contributed by atoms with Gasteiger partial charge in [-0.05, 0) is 30.7 Å². The van der Waals surface area contributed by atoms with Crippen molar-refractivity contribution in [3.63, 3.8) is 0 Å². The van der Waals surface area contributed by atoms with Crippen LogP contribution in [0.15, 0.2) is 0 Å². The molecule has 17 heavy (non-hydrogen) atoms. The minimum atomic E-state index is -0.837. The fourth-order valence-electron chi connectivity index (χ4n) is 1.80. The third kappa shape index (κ3) is 4.64. The van der Waals surface area contributed by atoms with Crippen molar-refractivity contribution in [3.05, 3.63) is 0 Å². The number of carbonyl (C=O) groups is 1. The third-order valence-corrected chi connectivity index (χ3v) is 3.68. The van der Waals surface area contributed by atoms with Crippen LogP contribution in [0, 0.1) is 11.3 Å². The standard InChI is InChI=1S/C13H25NO3/c1-9(13(2,3)4)7-14-8-10-5-6-11(17-10)12(15)16/h9-11,14H,5-8H2,1-4H3,(H,15,16). The summed E-state index contributed by atoms with van der Waals surface area (Å²) in [5, 5.41) is 12.2. The minimum Gasteiger partial charge on any atom is -0.479 e. The second-order valence-electron chi connectivity index (χ2n) is 6.09. The van der Waals surface area contributed by atoms with Gasteiger partial charge in [-0.15, -0.1) is 0 Å². The lowest BCUT2D eigenvalue weighted by atomic mass is 9.82. The molecular formula is C13H25NO3. The highest BCUT2D eigenvalue weighted by Gasteiger charge is 2.30. The maximum atomic E-state index is 10.7. The predicted octanol–water partition coefficient (Wildman–Crippen LogP) is 1.89. The largest absolute Gasteiger partial charge is 0.479 e. The molecule has 100 valence electrons. The second kappa shape index (κ2) is 5.83. The lowest BCUT2D eigenvalue weighted by Crippen LogP contribution is -2.35. The van der Waals surface area contributed by atoms with Gasteiger partial charge in [-0.25, -0.2) is 4.79 Å². The first-order chi connectivity index (χ1) is 7.80. The van der Waals surface area contributed by atoms with Crippen molar-refractivity contribution in [1.82, 2.24) is 5.32 Å². The highest BCUT2D eigenvalue weighted by Crippen LogP contribution is 2.24. The van der Waals surface area contributed by atoms with Gasteiger partial charge < -0.3 is 15.2 Å². The molecule has 1 saturated heterocycles. The number of carboxylic acids is 1. The molecular weight excluding hydrogens is 218 g/mol. The van der Waals surface area contributed by atoms with Crippen molar-refractivity contribution < 1.29 is 14.6 Å². The zero-order valence-electron chi connectivity index (χ0n) is 11.3. The Morgan fingerprint density at radius 3 is 2.59 bits per heavy atom. The van der Waals surface area contributed by atoms with Gasteiger partial charge in [0, 0.05) is 6.54 Å². The zero-order valence-corrected chi connectivity index (χ0v) is 11.3. The molecule has 0 amide bonds. The number of hydrogen-bond acceptors (Lipinski definition) is 3. The van der Waals surface area contributed by atoms with Gasteiger partial charge in [0.1, 0.15) is 0 Å². The van der Waals surface area contributed by atoms with E-state index in [0.29, 0.717) is 17.8 Å². The first kappa shape index (κ1) is 14.5. The Kier molecular flexibility index (Phi) is 4.95. The van der Waals surface area contributed by atoms with Crippen LogP contribution >= 0.6 is 0 Å². The van der Waals surface area contributed by atoms with E-state index >= 15 is 0 Å². The van der Waals surface area contributed by atoms with E-state index in [1.54, 1.807) is 0 Å². The maximum Gasteiger partial charge on any atom is 0.332 e. The second-order valence-corrected chi connectivity index (χ2v) is 6.09. The van der Waals surface area contributed by atoms with Crippen LogP contribution in [0.5, 0.6) is 0 Å². The van der Waals surface area contributed by atoms with E-state index in [1.807, 2.05) is 0 Å². The molecule has 0 radical (unpaired) electrons. The van der Waals surface area contributed by atoms with Gasteiger partial charge in [-0.2, -0.15) is 0 Å². The fraction of sp³-hybridized carbons (Fsp3) is 0.923. The molecule has 0 aromatic carbocycles. The average molecular weight is 243 g/mol. The van der Waals surface area contributed by atoms with Crippen LogP contribution in [0.3, 0.4) is 0 Å². The van der Waals surface area contributed by atoms with Crippen molar-refractivity contribution in [3.8, 4) is 0 Å². The Hall–Kier alpha value is -0.610. The molecule has 1 heterocycles. The molecule has 0 aromatic rings. The molecule has 1 rings (SSSR count). The van der Waals surface area contributed by atoms with Crippen LogP contribution in [0.4, 0.5) is 0 Å². The van der Waals surface area contributed by atoms with Gasteiger partial charge in [-0.3, -0.25) is 0 Å². The third-order valence-electron chi connectivity index (χ3n) is 3.68. The smallest absolute Gasteiger partial charge is 0.332 e. The van der Waals surface area contributed by atoms with Gasteiger partial charge in [-0.1, -0.05) is 27.7 Å². The number of hydrogen-bond donors (Lipinski definition) is 2. The van der Waals surface area contributed by atoms with Crippen LogP contribution in [-0.4, -0.2) is 36.4 Å². The molecule has 3 unspecified atom stereocenters. The number of carboxylic acid groups (broad SMARTS) is 1. The van der Waals surface area contributed by atoms with Crippen LogP contribution < -0.4 is 5.32 Å². The van der Waals surface area contributed by atoms with Crippen molar-refractivity contribution in [2.45, 2.75) is 52.7 Å². The van der Waals surface area contributed by atoms with E-state index < -0.39 is 12.1 Å². The van der Waals surface area contributed by atoms with Crippen LogP contribution in [0.2, 0.25) is 0 Å². The first-order valence-corrected chi connectivity index (χ1v) is 6.39. The van der Waals surface area contributed by atoms with Gasteiger partial charge in [0.15, 0.2) is 6.10 Å². The van der Waals surface area contributed by atoms with E-state index in [1.165, 1.54) is 0 Å². The molecule has 1 aliphatic heterocycles. The predicted molar refractivity (Wildman–Crippen MR) is 67.0 cm³/mol. The van der Waals surface area contributed by atoms with Crippen molar-refractivity contribution in [1.29, 1.82) is 0 Å². The number of nitrogens with one attached hydrogen (secondary N) is 1. The molecule has 1 aliphatic rings. The Morgan fingerprint density at radius 2 is 2.12 bits per heavy atom. The van der Waals surface area contributed by atoms with E-state index in [-0.39, 0.29) is 6.10 Å². The minimum absolute atomic E-state index is 0.0586. The normalized spacial score (nSPS) is 27.1. The number of aliphatic carboxylic acids is 1. The van der Waals surface area contributed by atoms with E-state index in [0.717, 1.165) is 19.5 Å². The SMILES string of the molecule is CC(CNCC1CCC(C(=O)O)O1)C(C)(C)C. The van der Waals surface area contributed by atoms with E-state index in [2.05, 4.69) is 33.0 Å². The Bertz CT molecular complexity index is 260. The molecule has 2 N–H and O–H groups in total. The molecule has 0 aromatic heterocycles. The Balaban J connectivity index is 2.19. The number of ether oxygens (including phenoxy) is 1. The molecule has 4 heteroatoms. The lowest BCUT2D eigenvalue weighted by Gasteiger charge is -2.27. The highest BCUT2D eigenvalue weighted by molar-refractivity contribution is 5.72. The molecule has 0 bridgehead atoms. The monoisotopic (exact) mass is 243 g/mol. The number of rotatable bonds is 5. The summed E-state index contributed by atoms with van der Waals surface area (Å²) in [6, 6.07) is 0. The maximum absolute atomic E-state index is 10.7. The summed E-state index contributed by atoms with van der Waals surface area (Å²) in [5.41, 5.74) is 0.299. The highest BCUT2D eigenvalue weighted by atomic mass is 16.5. The Labute approximate surface area is 104 Å². The van der Waals surface area contributed by atoms with Crippen LogP contribution in [-0.2, 0) is 9.53 Å². The van der Waals surface area contributed by atoms with Crippen molar-refractivity contribution in [2.24, 2.45) is 11.3 Å². The van der Waals surface area contributed by atoms with Crippen LogP contribution in [0.25, 0.3) is 0 Å². The molecule has 0 aliphatic carbocycles. The zero-order chi connectivity index (χ0) is 13.1. The summed E-state index contributed by atoms with van der Waals surface area (Å²) in [5.74, 6) is -0.255. The summed E-state index contributed by atoms with van der Waals surface area (Å²) in [6.07, 6.45) is 0.940. The van der Waals surface area contributed by atoms with Gasteiger partial charge in [0.05, 0.1) is 6.10 Å². The Morgan fingerprint density at radius 1 is 1.47 bits per heavy atom. The quantitative estimate of drug-likeness (QED) is 0.774. The summed E-state index contributed by atoms with van der Waals surface area (Å²) in [6.45, 7) is 10.6. The van der Waals surface area contributed by atoms with E-state index in [4.69, 9.17) is 9.84 Å². The topological polar surface area (TPSA) is 58.6 Å². The van der Waals surface area contributed by atoms with Crippen molar-refractivity contribution >= 4 is 5.97 Å². The first-order valence-electron chi connectivity index (χ1n) is 6.39. The summed E-state index contributed by atoms with van der Waals surface area (Å²) >= 11 is 0. The summed E-state index contributed by atoms with van der Waals surface area (Å²) in [7, 11) is 0. The van der Waals surface area contributed by atoms with E-state index in [9.17, 15) is 4.79 Å². The molecule has 0 saturated carbocycles. The summed E-state index contributed by atoms with van der Waals surface area (Å²) < 4.78 is 5.43. The van der Waals surface area contributed by atoms with Gasteiger partial charge in [0.2, 0.25) is 0 Å². The average Bonchev–Trinajstić information content (AvgIpc) is 2.64. The summed E-state index contributed by atoms with van der Waals surface area (Å²) in [4.78, 5) is 10.7. The van der Waals surface area contributed by atoms with Crippen LogP contribution in [0.1, 0.15) is 40.5 Å². The molecule has 1 fully saturated rings. The van der Waals surface area contributed by atoms with Gasteiger partial charge in [0.25, 0.3) is 0 Å². The molecule has 0 spiro atoms. The lowest BCUT2D eigenvalue weighted by molar-refractivity contribution is -0.149. The fourth-order valence-corrected chi connectivity index (χ4v) is 1.80. The molecule has 4 nitrogen and oxygen atoms in total. The molecule has 3 atom stereocenters.